The zero-order chi connectivity index (χ0) is 14.0. The molecule has 0 atom stereocenters. The lowest BCUT2D eigenvalue weighted by Crippen LogP contribution is -2.43. The lowest BCUT2D eigenvalue weighted by Gasteiger charge is -2.25. The molecule has 0 spiro atoms. The van der Waals surface area contributed by atoms with E-state index in [1.165, 1.54) is 0 Å². The van der Waals surface area contributed by atoms with Crippen LogP contribution in [0, 0.1) is 0 Å². The van der Waals surface area contributed by atoms with Crippen molar-refractivity contribution < 1.29 is 9.47 Å². The maximum atomic E-state index is 5.74. The highest BCUT2D eigenvalue weighted by Gasteiger charge is 2.06. The molecule has 1 fully saturated rings. The molecule has 1 aromatic carbocycles. The van der Waals surface area contributed by atoms with E-state index in [-0.39, 0.29) is 0 Å². The molecule has 0 bridgehead atoms. The van der Waals surface area contributed by atoms with Gasteiger partial charge in [-0.05, 0) is 19.1 Å². The average molecular weight is 276 g/mol. The van der Waals surface area contributed by atoms with Crippen LogP contribution in [0.4, 0.5) is 0 Å². The van der Waals surface area contributed by atoms with E-state index in [4.69, 9.17) is 9.47 Å². The topological polar surface area (TPSA) is 33.7 Å². The number of hydrogen-bond acceptors (Lipinski definition) is 4. The quantitative estimate of drug-likeness (QED) is 0.772. The Morgan fingerprint density at radius 2 is 1.80 bits per heavy atom. The fourth-order valence-corrected chi connectivity index (χ4v) is 2.17. The number of rotatable bonds is 7. The van der Waals surface area contributed by atoms with Gasteiger partial charge in [0.2, 0.25) is 0 Å². The highest BCUT2D eigenvalue weighted by atomic mass is 16.5. The molecule has 1 saturated heterocycles. The summed E-state index contributed by atoms with van der Waals surface area (Å²) in [5.74, 6) is 1.62. The highest BCUT2D eigenvalue weighted by Crippen LogP contribution is 2.26. The summed E-state index contributed by atoms with van der Waals surface area (Å²) in [7, 11) is 0. The van der Waals surface area contributed by atoms with Crippen molar-refractivity contribution in [2.75, 3.05) is 45.9 Å². The Kier molecular flexibility index (Phi) is 6.41. The minimum atomic E-state index is 0.580. The first-order chi connectivity index (χ1) is 9.90. The second-order valence-electron chi connectivity index (χ2n) is 4.71. The van der Waals surface area contributed by atoms with Gasteiger partial charge in [-0.25, -0.2) is 0 Å². The minimum absolute atomic E-state index is 0.580. The molecular weight excluding hydrogens is 252 g/mol. The first kappa shape index (κ1) is 14.9. The van der Waals surface area contributed by atoms with Gasteiger partial charge in [-0.1, -0.05) is 24.3 Å². The Hall–Kier alpha value is -1.52. The van der Waals surface area contributed by atoms with Gasteiger partial charge in [-0.15, -0.1) is 0 Å². The molecule has 0 aliphatic carbocycles. The third-order valence-electron chi connectivity index (χ3n) is 3.22. The molecule has 1 heterocycles. The second-order valence-corrected chi connectivity index (χ2v) is 4.71. The van der Waals surface area contributed by atoms with Crippen LogP contribution in [-0.4, -0.2) is 50.8 Å². The molecule has 4 heteroatoms. The largest absolute Gasteiger partial charge is 0.490 e. The fraction of sp³-hybridized carbons (Fsp3) is 0.500. The van der Waals surface area contributed by atoms with Crippen molar-refractivity contribution in [3.8, 4) is 11.5 Å². The van der Waals surface area contributed by atoms with Crippen LogP contribution in [-0.2, 0) is 0 Å². The van der Waals surface area contributed by atoms with Crippen LogP contribution in [0.1, 0.15) is 6.92 Å². The van der Waals surface area contributed by atoms with Gasteiger partial charge in [0, 0.05) is 32.7 Å². The number of hydrogen-bond donors (Lipinski definition) is 1. The summed E-state index contributed by atoms with van der Waals surface area (Å²) < 4.78 is 11.3. The monoisotopic (exact) mass is 276 g/mol. The van der Waals surface area contributed by atoms with E-state index in [1.54, 1.807) is 0 Å². The van der Waals surface area contributed by atoms with Crippen LogP contribution in [0.5, 0.6) is 11.5 Å². The fourth-order valence-electron chi connectivity index (χ4n) is 2.17. The SMILES string of the molecule is CCOc1ccccc1OCC=CCN1CCNCC1. The van der Waals surface area contributed by atoms with Crippen LogP contribution < -0.4 is 14.8 Å². The molecule has 4 nitrogen and oxygen atoms in total. The van der Waals surface area contributed by atoms with Gasteiger partial charge in [-0.3, -0.25) is 4.90 Å². The van der Waals surface area contributed by atoms with Gasteiger partial charge in [-0.2, -0.15) is 0 Å². The summed E-state index contributed by atoms with van der Waals surface area (Å²) in [6, 6.07) is 7.79. The first-order valence-electron chi connectivity index (χ1n) is 7.33. The van der Waals surface area contributed by atoms with Crippen LogP contribution in [0.2, 0.25) is 0 Å². The predicted molar refractivity (Wildman–Crippen MR) is 81.6 cm³/mol. The van der Waals surface area contributed by atoms with E-state index in [0.29, 0.717) is 13.2 Å². The normalized spacial score (nSPS) is 16.4. The highest BCUT2D eigenvalue weighted by molar-refractivity contribution is 5.39. The van der Waals surface area contributed by atoms with Crippen LogP contribution >= 0.6 is 0 Å². The zero-order valence-electron chi connectivity index (χ0n) is 12.2. The average Bonchev–Trinajstić information content (AvgIpc) is 2.50. The molecule has 1 N–H and O–H groups in total. The van der Waals surface area contributed by atoms with E-state index in [2.05, 4.69) is 22.4 Å². The molecule has 0 aromatic heterocycles. The summed E-state index contributed by atoms with van der Waals surface area (Å²) in [5.41, 5.74) is 0. The number of nitrogens with zero attached hydrogens (tertiary/aromatic N) is 1. The van der Waals surface area contributed by atoms with Crippen LogP contribution in [0.3, 0.4) is 0 Å². The molecule has 0 amide bonds. The minimum Gasteiger partial charge on any atom is -0.490 e. The number of para-hydroxylation sites is 2. The lowest BCUT2D eigenvalue weighted by molar-refractivity contribution is 0.263. The van der Waals surface area contributed by atoms with E-state index in [1.807, 2.05) is 31.2 Å². The van der Waals surface area contributed by atoms with Crippen LogP contribution in [0.15, 0.2) is 36.4 Å². The second kappa shape index (κ2) is 8.61. The van der Waals surface area contributed by atoms with E-state index >= 15 is 0 Å². The molecule has 1 aliphatic rings. The summed E-state index contributed by atoms with van der Waals surface area (Å²) in [4.78, 5) is 2.43. The number of nitrogens with one attached hydrogen (secondary N) is 1. The summed E-state index contributed by atoms with van der Waals surface area (Å²) in [5, 5.41) is 3.35. The van der Waals surface area contributed by atoms with Gasteiger partial charge in [0.1, 0.15) is 6.61 Å². The third kappa shape index (κ3) is 4.87. The molecule has 0 saturated carbocycles. The molecular formula is C16H24N2O2. The molecule has 1 aromatic rings. The van der Waals surface area contributed by atoms with Gasteiger partial charge in [0.05, 0.1) is 6.61 Å². The Balaban J connectivity index is 1.72. The van der Waals surface area contributed by atoms with E-state index in [0.717, 1.165) is 44.2 Å². The number of ether oxygens (including phenoxy) is 2. The predicted octanol–water partition coefficient (Wildman–Crippen LogP) is 1.93. The van der Waals surface area contributed by atoms with Gasteiger partial charge in [0.25, 0.3) is 0 Å². The Morgan fingerprint density at radius 1 is 1.10 bits per heavy atom. The molecule has 0 radical (unpaired) electrons. The maximum Gasteiger partial charge on any atom is 0.161 e. The molecule has 2 rings (SSSR count). The molecule has 20 heavy (non-hydrogen) atoms. The van der Waals surface area contributed by atoms with Crippen molar-refractivity contribution in [3.63, 3.8) is 0 Å². The number of benzene rings is 1. The van der Waals surface area contributed by atoms with Crippen LogP contribution in [0.25, 0.3) is 0 Å². The van der Waals surface area contributed by atoms with Gasteiger partial charge >= 0.3 is 0 Å². The smallest absolute Gasteiger partial charge is 0.161 e. The standard InChI is InChI=1S/C16H24N2O2/c1-2-19-15-7-3-4-8-16(15)20-14-6-5-11-18-12-9-17-10-13-18/h3-8,17H,2,9-14H2,1H3. The molecule has 110 valence electrons. The van der Waals surface area contributed by atoms with E-state index < -0.39 is 0 Å². The Bertz CT molecular complexity index is 415. The lowest BCUT2D eigenvalue weighted by atomic mass is 10.3. The van der Waals surface area contributed by atoms with E-state index in [9.17, 15) is 0 Å². The molecule has 0 unspecified atom stereocenters. The summed E-state index contributed by atoms with van der Waals surface area (Å²) >= 11 is 0. The van der Waals surface area contributed by atoms with Gasteiger partial charge in [0.15, 0.2) is 11.5 Å². The number of piperazine rings is 1. The third-order valence-corrected chi connectivity index (χ3v) is 3.22. The molecule has 1 aliphatic heterocycles. The van der Waals surface area contributed by atoms with Crippen molar-refractivity contribution in [1.29, 1.82) is 0 Å². The van der Waals surface area contributed by atoms with Crippen molar-refractivity contribution in [3.05, 3.63) is 36.4 Å². The zero-order valence-corrected chi connectivity index (χ0v) is 12.2. The summed E-state index contributed by atoms with van der Waals surface area (Å²) in [6.07, 6.45) is 4.25. The maximum absolute atomic E-state index is 5.74. The van der Waals surface area contributed by atoms with Crippen molar-refractivity contribution in [2.45, 2.75) is 6.92 Å². The Morgan fingerprint density at radius 3 is 2.50 bits per heavy atom. The first-order valence-corrected chi connectivity index (χ1v) is 7.33. The van der Waals surface area contributed by atoms with Gasteiger partial charge < -0.3 is 14.8 Å². The van der Waals surface area contributed by atoms with Crippen molar-refractivity contribution >= 4 is 0 Å². The van der Waals surface area contributed by atoms with Crippen molar-refractivity contribution in [2.24, 2.45) is 0 Å². The Labute approximate surface area is 121 Å². The van der Waals surface area contributed by atoms with Crippen molar-refractivity contribution in [1.82, 2.24) is 10.2 Å². The summed E-state index contributed by atoms with van der Waals surface area (Å²) in [6.45, 7) is 8.63.